The third kappa shape index (κ3) is 4.06. The van der Waals surface area contributed by atoms with Crippen LogP contribution in [0.25, 0.3) is 0 Å². The lowest BCUT2D eigenvalue weighted by Gasteiger charge is -2.21. The Bertz CT molecular complexity index is 630. The van der Waals surface area contributed by atoms with Crippen molar-refractivity contribution in [2.75, 3.05) is 6.54 Å². The standard InChI is InChI=1S/C17H18BrClFN/c1-3-7-21-17(12-6-4-5-11(2)8-12)13-9-15(19)14(18)10-16(13)20/h4-6,8-10,17,21H,3,7H2,1-2H3. The molecular formula is C17H18BrClFN. The van der Waals surface area contributed by atoms with Gasteiger partial charge in [0, 0.05) is 10.0 Å². The van der Waals surface area contributed by atoms with Gasteiger partial charge in [-0.2, -0.15) is 0 Å². The Morgan fingerprint density at radius 3 is 2.71 bits per heavy atom. The first kappa shape index (κ1) is 16.5. The number of hydrogen-bond donors (Lipinski definition) is 1. The maximum Gasteiger partial charge on any atom is 0.129 e. The Labute approximate surface area is 138 Å². The van der Waals surface area contributed by atoms with E-state index in [2.05, 4.69) is 34.2 Å². The van der Waals surface area contributed by atoms with Gasteiger partial charge in [0.1, 0.15) is 5.82 Å². The van der Waals surface area contributed by atoms with Crippen molar-refractivity contribution in [3.05, 3.63) is 68.4 Å². The zero-order valence-electron chi connectivity index (χ0n) is 12.1. The molecule has 0 aliphatic rings. The molecule has 0 saturated carbocycles. The van der Waals surface area contributed by atoms with Crippen LogP contribution in [0.4, 0.5) is 4.39 Å². The van der Waals surface area contributed by atoms with E-state index in [1.165, 1.54) is 6.07 Å². The molecule has 0 spiro atoms. The lowest BCUT2D eigenvalue weighted by molar-refractivity contribution is 0.546. The van der Waals surface area contributed by atoms with Crippen LogP contribution in [0.15, 0.2) is 40.9 Å². The average Bonchev–Trinajstić information content (AvgIpc) is 2.44. The molecule has 0 aliphatic heterocycles. The molecule has 0 bridgehead atoms. The predicted octanol–water partition coefficient (Wildman–Crippen LogP) is 5.64. The molecule has 1 nitrogen and oxygen atoms in total. The highest BCUT2D eigenvalue weighted by atomic mass is 79.9. The van der Waals surface area contributed by atoms with E-state index in [9.17, 15) is 4.39 Å². The first-order valence-corrected chi connectivity index (χ1v) is 8.14. The number of benzene rings is 2. The Balaban J connectivity index is 2.47. The van der Waals surface area contributed by atoms with E-state index >= 15 is 0 Å². The fourth-order valence-electron chi connectivity index (χ4n) is 2.30. The molecular weight excluding hydrogens is 353 g/mol. The molecule has 2 rings (SSSR count). The third-order valence-corrected chi connectivity index (χ3v) is 4.52. The monoisotopic (exact) mass is 369 g/mol. The molecule has 2 aromatic carbocycles. The minimum absolute atomic E-state index is 0.199. The highest BCUT2D eigenvalue weighted by molar-refractivity contribution is 9.10. The third-order valence-electron chi connectivity index (χ3n) is 3.32. The maximum absolute atomic E-state index is 14.4. The highest BCUT2D eigenvalue weighted by Crippen LogP contribution is 2.32. The molecule has 1 unspecified atom stereocenters. The normalized spacial score (nSPS) is 12.4. The number of halogens is 3. The van der Waals surface area contributed by atoms with E-state index in [-0.39, 0.29) is 11.9 Å². The smallest absolute Gasteiger partial charge is 0.129 e. The van der Waals surface area contributed by atoms with Crippen molar-refractivity contribution in [1.29, 1.82) is 0 Å². The van der Waals surface area contributed by atoms with Crippen LogP contribution in [0.2, 0.25) is 5.02 Å². The van der Waals surface area contributed by atoms with Crippen molar-refractivity contribution < 1.29 is 4.39 Å². The molecule has 112 valence electrons. The topological polar surface area (TPSA) is 12.0 Å². The molecule has 1 N–H and O–H groups in total. The number of hydrogen-bond acceptors (Lipinski definition) is 1. The van der Waals surface area contributed by atoms with Gasteiger partial charge in [0.25, 0.3) is 0 Å². The van der Waals surface area contributed by atoms with Gasteiger partial charge in [-0.25, -0.2) is 4.39 Å². The van der Waals surface area contributed by atoms with Crippen LogP contribution < -0.4 is 5.32 Å². The molecule has 0 radical (unpaired) electrons. The molecule has 21 heavy (non-hydrogen) atoms. The van der Waals surface area contributed by atoms with E-state index in [1.54, 1.807) is 6.07 Å². The summed E-state index contributed by atoms with van der Waals surface area (Å²) < 4.78 is 14.9. The average molecular weight is 371 g/mol. The maximum atomic E-state index is 14.4. The van der Waals surface area contributed by atoms with Gasteiger partial charge >= 0.3 is 0 Å². The van der Waals surface area contributed by atoms with Gasteiger partial charge in [-0.1, -0.05) is 48.4 Å². The second-order valence-electron chi connectivity index (χ2n) is 5.09. The van der Waals surface area contributed by atoms with E-state index in [0.29, 0.717) is 15.1 Å². The first-order chi connectivity index (χ1) is 10.0. The van der Waals surface area contributed by atoms with Crippen molar-refractivity contribution in [2.24, 2.45) is 0 Å². The number of aryl methyl sites for hydroxylation is 1. The highest BCUT2D eigenvalue weighted by Gasteiger charge is 2.19. The first-order valence-electron chi connectivity index (χ1n) is 6.97. The Kier molecular flexibility index (Phi) is 5.80. The molecule has 0 amide bonds. The molecule has 0 aromatic heterocycles. The molecule has 1 atom stereocenters. The molecule has 0 fully saturated rings. The minimum atomic E-state index is -0.263. The van der Waals surface area contributed by atoms with Crippen molar-refractivity contribution in [3.63, 3.8) is 0 Å². The largest absolute Gasteiger partial charge is 0.306 e. The van der Waals surface area contributed by atoms with E-state index in [1.807, 2.05) is 25.1 Å². The zero-order valence-corrected chi connectivity index (χ0v) is 14.4. The van der Waals surface area contributed by atoms with Crippen LogP contribution in [-0.4, -0.2) is 6.54 Å². The second-order valence-corrected chi connectivity index (χ2v) is 6.35. The molecule has 0 saturated heterocycles. The van der Waals surface area contributed by atoms with Crippen molar-refractivity contribution >= 4 is 27.5 Å². The lowest BCUT2D eigenvalue weighted by atomic mass is 9.96. The molecule has 0 heterocycles. The van der Waals surface area contributed by atoms with Crippen LogP contribution in [-0.2, 0) is 0 Å². The van der Waals surface area contributed by atoms with Crippen molar-refractivity contribution in [2.45, 2.75) is 26.3 Å². The van der Waals surface area contributed by atoms with Gasteiger partial charge in [0.2, 0.25) is 0 Å². The molecule has 0 aliphatic carbocycles. The van der Waals surface area contributed by atoms with Crippen molar-refractivity contribution in [1.82, 2.24) is 5.32 Å². The zero-order chi connectivity index (χ0) is 15.4. The fraction of sp³-hybridized carbons (Fsp3) is 0.294. The molecule has 2 aromatic rings. The van der Waals surface area contributed by atoms with Gasteiger partial charge in [-0.05, 0) is 53.5 Å². The second kappa shape index (κ2) is 7.39. The number of nitrogens with one attached hydrogen (secondary N) is 1. The SMILES string of the molecule is CCCNC(c1cccc(C)c1)c1cc(Cl)c(Br)cc1F. The summed E-state index contributed by atoms with van der Waals surface area (Å²) in [4.78, 5) is 0. The summed E-state index contributed by atoms with van der Waals surface area (Å²) in [7, 11) is 0. The minimum Gasteiger partial charge on any atom is -0.306 e. The Morgan fingerprint density at radius 2 is 2.05 bits per heavy atom. The lowest BCUT2D eigenvalue weighted by Crippen LogP contribution is -2.24. The summed E-state index contributed by atoms with van der Waals surface area (Å²) in [5, 5.41) is 3.92. The van der Waals surface area contributed by atoms with Crippen molar-refractivity contribution in [3.8, 4) is 0 Å². The van der Waals surface area contributed by atoms with E-state index in [4.69, 9.17) is 11.6 Å². The summed E-state index contributed by atoms with van der Waals surface area (Å²) in [6, 6.07) is 11.0. The summed E-state index contributed by atoms with van der Waals surface area (Å²) in [6.07, 6.45) is 0.980. The van der Waals surface area contributed by atoms with Crippen LogP contribution >= 0.6 is 27.5 Å². The van der Waals surface area contributed by atoms with E-state index < -0.39 is 0 Å². The Morgan fingerprint density at radius 1 is 1.29 bits per heavy atom. The van der Waals surface area contributed by atoms with Crippen LogP contribution in [0.1, 0.15) is 36.1 Å². The van der Waals surface area contributed by atoms with Crippen LogP contribution in [0, 0.1) is 12.7 Å². The number of rotatable bonds is 5. The van der Waals surface area contributed by atoms with Crippen LogP contribution in [0.5, 0.6) is 0 Å². The molecule has 4 heteroatoms. The van der Waals surface area contributed by atoms with Gasteiger partial charge in [0.15, 0.2) is 0 Å². The summed E-state index contributed by atoms with van der Waals surface area (Å²) in [5.41, 5.74) is 2.77. The van der Waals surface area contributed by atoms with Gasteiger partial charge < -0.3 is 5.32 Å². The van der Waals surface area contributed by atoms with E-state index in [0.717, 1.165) is 24.1 Å². The van der Waals surface area contributed by atoms with Gasteiger partial charge in [0.05, 0.1) is 11.1 Å². The Hall–Kier alpha value is -0.900. The van der Waals surface area contributed by atoms with Gasteiger partial charge in [-0.3, -0.25) is 0 Å². The summed E-state index contributed by atoms with van der Waals surface area (Å²) >= 11 is 9.40. The summed E-state index contributed by atoms with van der Waals surface area (Å²) in [5.74, 6) is -0.263. The fourth-order valence-corrected chi connectivity index (χ4v) is 2.79. The quantitative estimate of drug-likeness (QED) is 0.672. The van der Waals surface area contributed by atoms with Crippen LogP contribution in [0.3, 0.4) is 0 Å². The summed E-state index contributed by atoms with van der Waals surface area (Å²) in [6.45, 7) is 4.93. The van der Waals surface area contributed by atoms with Gasteiger partial charge in [-0.15, -0.1) is 0 Å². The predicted molar refractivity (Wildman–Crippen MR) is 90.4 cm³/mol.